The maximum atomic E-state index is 13.0. The number of hydrogen-bond donors (Lipinski definition) is 1. The first kappa shape index (κ1) is 7.74. The van der Waals surface area contributed by atoms with Gasteiger partial charge in [-0.15, -0.1) is 0 Å². The molecule has 2 rings (SSSR count). The van der Waals surface area contributed by atoms with E-state index in [1.54, 1.807) is 0 Å². The largest absolute Gasteiger partial charge is 0.346 e. The molecule has 1 aromatic carbocycles. The van der Waals surface area contributed by atoms with Crippen LogP contribution in [0.2, 0.25) is 0 Å². The summed E-state index contributed by atoms with van der Waals surface area (Å²) < 4.78 is 25.7. The molecular weight excluding hydrogens is 174 g/mol. The maximum absolute atomic E-state index is 13.0. The molecule has 0 amide bonds. The van der Waals surface area contributed by atoms with E-state index in [1.165, 1.54) is 6.07 Å². The Balaban J connectivity index is 2.84. The second kappa shape index (κ2) is 2.56. The number of rotatable bonds is 0. The Bertz CT molecular complexity index is 508. The van der Waals surface area contributed by atoms with Crippen molar-refractivity contribution in [1.29, 1.82) is 5.26 Å². The Hall–Kier alpha value is -1.89. The van der Waals surface area contributed by atoms with Crippen LogP contribution in [0.3, 0.4) is 0 Å². The van der Waals surface area contributed by atoms with E-state index < -0.39 is 11.6 Å². The molecular formula is C9H4F2N2. The third kappa shape index (κ3) is 1.14. The molecule has 1 aromatic heterocycles. The van der Waals surface area contributed by atoms with Crippen LogP contribution in [0.15, 0.2) is 18.2 Å². The molecule has 64 valence electrons. The molecule has 0 spiro atoms. The highest BCUT2D eigenvalue weighted by atomic mass is 19.1. The van der Waals surface area contributed by atoms with Crippen molar-refractivity contribution < 1.29 is 8.78 Å². The van der Waals surface area contributed by atoms with Gasteiger partial charge in [0, 0.05) is 11.5 Å². The van der Waals surface area contributed by atoms with Gasteiger partial charge in [-0.2, -0.15) is 5.26 Å². The summed E-state index contributed by atoms with van der Waals surface area (Å²) in [7, 11) is 0. The Morgan fingerprint density at radius 2 is 2.00 bits per heavy atom. The Morgan fingerprint density at radius 3 is 2.69 bits per heavy atom. The number of nitrogens with one attached hydrogen (secondary N) is 1. The van der Waals surface area contributed by atoms with Crippen LogP contribution >= 0.6 is 0 Å². The fourth-order valence-electron chi connectivity index (χ4n) is 1.22. The fourth-order valence-corrected chi connectivity index (χ4v) is 1.22. The SMILES string of the molecule is N#Cc1cc2c(F)cc(F)cc2[nH]1. The van der Waals surface area contributed by atoms with Gasteiger partial charge in [-0.05, 0) is 12.1 Å². The van der Waals surface area contributed by atoms with Gasteiger partial charge < -0.3 is 4.98 Å². The van der Waals surface area contributed by atoms with Gasteiger partial charge in [0.2, 0.25) is 0 Å². The highest BCUT2D eigenvalue weighted by Gasteiger charge is 2.06. The van der Waals surface area contributed by atoms with E-state index in [0.717, 1.165) is 12.1 Å². The van der Waals surface area contributed by atoms with Crippen molar-refractivity contribution in [2.45, 2.75) is 0 Å². The van der Waals surface area contributed by atoms with E-state index in [9.17, 15) is 8.78 Å². The molecule has 0 unspecified atom stereocenters. The molecule has 0 saturated carbocycles. The number of aromatic amines is 1. The van der Waals surface area contributed by atoms with Crippen molar-refractivity contribution in [1.82, 2.24) is 4.98 Å². The van der Waals surface area contributed by atoms with Crippen LogP contribution in [0.4, 0.5) is 8.78 Å². The average molecular weight is 178 g/mol. The molecule has 0 aliphatic carbocycles. The van der Waals surface area contributed by atoms with E-state index in [1.807, 2.05) is 6.07 Å². The van der Waals surface area contributed by atoms with Gasteiger partial charge in [-0.25, -0.2) is 8.78 Å². The van der Waals surface area contributed by atoms with Crippen molar-refractivity contribution in [2.75, 3.05) is 0 Å². The number of benzene rings is 1. The fraction of sp³-hybridized carbons (Fsp3) is 0. The zero-order chi connectivity index (χ0) is 9.42. The maximum Gasteiger partial charge on any atom is 0.135 e. The minimum Gasteiger partial charge on any atom is -0.346 e. The molecule has 0 aliphatic rings. The molecule has 2 nitrogen and oxygen atoms in total. The topological polar surface area (TPSA) is 39.6 Å². The molecule has 0 fully saturated rings. The van der Waals surface area contributed by atoms with Gasteiger partial charge in [0.25, 0.3) is 0 Å². The third-order valence-electron chi connectivity index (χ3n) is 1.77. The molecule has 0 radical (unpaired) electrons. The first-order chi connectivity index (χ1) is 6.20. The summed E-state index contributed by atoms with van der Waals surface area (Å²) in [4.78, 5) is 2.59. The van der Waals surface area contributed by atoms with Gasteiger partial charge in [0.1, 0.15) is 23.4 Å². The predicted octanol–water partition coefficient (Wildman–Crippen LogP) is 2.32. The summed E-state index contributed by atoms with van der Waals surface area (Å²) in [5, 5.41) is 8.74. The number of H-pyrrole nitrogens is 1. The highest BCUT2D eigenvalue weighted by molar-refractivity contribution is 5.81. The summed E-state index contributed by atoms with van der Waals surface area (Å²) in [6.07, 6.45) is 0. The van der Waals surface area contributed by atoms with E-state index in [-0.39, 0.29) is 11.1 Å². The number of aromatic nitrogens is 1. The van der Waals surface area contributed by atoms with Crippen molar-refractivity contribution in [2.24, 2.45) is 0 Å². The minimum atomic E-state index is -0.659. The molecule has 0 saturated heterocycles. The number of nitriles is 1. The monoisotopic (exact) mass is 178 g/mol. The second-order valence-electron chi connectivity index (χ2n) is 2.64. The van der Waals surface area contributed by atoms with E-state index in [0.29, 0.717) is 5.52 Å². The lowest BCUT2D eigenvalue weighted by atomic mass is 10.2. The Labute approximate surface area is 72.4 Å². The third-order valence-corrected chi connectivity index (χ3v) is 1.77. The summed E-state index contributed by atoms with van der Waals surface area (Å²) in [6.45, 7) is 0. The van der Waals surface area contributed by atoms with Crippen molar-refractivity contribution in [3.63, 3.8) is 0 Å². The number of nitrogens with zero attached hydrogens (tertiary/aromatic N) is 1. The van der Waals surface area contributed by atoms with Crippen molar-refractivity contribution >= 4 is 10.9 Å². The van der Waals surface area contributed by atoms with Gasteiger partial charge in [-0.1, -0.05) is 0 Å². The van der Waals surface area contributed by atoms with Gasteiger partial charge in [0.15, 0.2) is 0 Å². The molecule has 0 atom stereocenters. The van der Waals surface area contributed by atoms with Crippen LogP contribution in [-0.4, -0.2) is 4.98 Å². The quantitative estimate of drug-likeness (QED) is 0.660. The number of hydrogen-bond acceptors (Lipinski definition) is 1. The molecule has 1 heterocycles. The van der Waals surface area contributed by atoms with Gasteiger partial charge >= 0.3 is 0 Å². The second-order valence-corrected chi connectivity index (χ2v) is 2.64. The number of fused-ring (bicyclic) bond motifs is 1. The lowest BCUT2D eigenvalue weighted by Gasteiger charge is -1.91. The average Bonchev–Trinajstić information content (AvgIpc) is 2.47. The van der Waals surface area contributed by atoms with Crippen molar-refractivity contribution in [3.05, 3.63) is 35.5 Å². The minimum absolute atomic E-state index is 0.222. The first-order valence-electron chi connectivity index (χ1n) is 3.58. The lowest BCUT2D eigenvalue weighted by molar-refractivity contribution is 0.592. The van der Waals surface area contributed by atoms with Crippen LogP contribution in [-0.2, 0) is 0 Å². The Kier molecular flexibility index (Phi) is 1.52. The van der Waals surface area contributed by atoms with E-state index in [4.69, 9.17) is 5.26 Å². The molecule has 4 heteroatoms. The zero-order valence-electron chi connectivity index (χ0n) is 6.44. The normalized spacial score (nSPS) is 10.2. The molecule has 0 bridgehead atoms. The van der Waals surface area contributed by atoms with Crippen molar-refractivity contribution in [3.8, 4) is 6.07 Å². The van der Waals surface area contributed by atoms with Crippen LogP contribution in [0.1, 0.15) is 5.69 Å². The summed E-state index contributed by atoms with van der Waals surface area (Å²) in [5.41, 5.74) is 0.522. The Morgan fingerprint density at radius 1 is 1.23 bits per heavy atom. The van der Waals surface area contributed by atoms with Crippen LogP contribution in [0, 0.1) is 23.0 Å². The molecule has 2 aromatic rings. The lowest BCUT2D eigenvalue weighted by Crippen LogP contribution is -1.79. The number of halogens is 2. The smallest absolute Gasteiger partial charge is 0.135 e. The first-order valence-corrected chi connectivity index (χ1v) is 3.58. The standard InChI is InChI=1S/C9H4F2N2/c10-5-1-8(11)7-3-6(4-12)13-9(7)2-5/h1-3,13H. The summed E-state index contributed by atoms with van der Waals surface area (Å²) >= 11 is 0. The van der Waals surface area contributed by atoms with Gasteiger partial charge in [-0.3, -0.25) is 0 Å². The predicted molar refractivity (Wildman–Crippen MR) is 42.9 cm³/mol. The van der Waals surface area contributed by atoms with Crippen LogP contribution in [0.25, 0.3) is 10.9 Å². The highest BCUT2D eigenvalue weighted by Crippen LogP contribution is 2.19. The van der Waals surface area contributed by atoms with Gasteiger partial charge in [0.05, 0.1) is 5.52 Å². The van der Waals surface area contributed by atoms with E-state index >= 15 is 0 Å². The molecule has 0 aliphatic heterocycles. The molecule has 13 heavy (non-hydrogen) atoms. The summed E-state index contributed by atoms with van der Waals surface area (Å²) in [6, 6.07) is 5.11. The summed E-state index contributed by atoms with van der Waals surface area (Å²) in [5.74, 6) is -1.32. The zero-order valence-corrected chi connectivity index (χ0v) is 6.44. The van der Waals surface area contributed by atoms with Crippen LogP contribution in [0.5, 0.6) is 0 Å². The van der Waals surface area contributed by atoms with E-state index in [2.05, 4.69) is 4.98 Å². The molecule has 1 N–H and O–H groups in total. The van der Waals surface area contributed by atoms with Crippen LogP contribution < -0.4 is 0 Å².